The van der Waals surface area contributed by atoms with Crippen LogP contribution in [-0.2, 0) is 0 Å². The van der Waals surface area contributed by atoms with Crippen molar-refractivity contribution in [2.45, 2.75) is 12.1 Å². The Kier molecular flexibility index (Phi) is 4.78. The minimum Gasteiger partial charge on any atom is -0.495 e. The van der Waals surface area contributed by atoms with E-state index in [0.29, 0.717) is 10.8 Å². The minimum atomic E-state index is -0.506. The number of hydrogen-bond acceptors (Lipinski definition) is 4. The van der Waals surface area contributed by atoms with Crippen molar-refractivity contribution < 1.29 is 9.84 Å². The van der Waals surface area contributed by atoms with Crippen LogP contribution in [0.1, 0.15) is 11.7 Å². The first-order valence-electron chi connectivity index (χ1n) is 5.93. The van der Waals surface area contributed by atoms with Gasteiger partial charge in [0.1, 0.15) is 5.75 Å². The Morgan fingerprint density at radius 3 is 3.00 bits per heavy atom. The number of benzene rings is 1. The predicted molar refractivity (Wildman–Crippen MR) is 76.7 cm³/mol. The summed E-state index contributed by atoms with van der Waals surface area (Å²) in [7, 11) is 3.64. The first kappa shape index (κ1) is 14.0. The van der Waals surface area contributed by atoms with Crippen LogP contribution in [0.4, 0.5) is 0 Å². The van der Waals surface area contributed by atoms with E-state index >= 15 is 0 Å². The monoisotopic (exact) mass is 287 g/mol. The van der Waals surface area contributed by atoms with Crippen LogP contribution >= 0.6 is 23.4 Å². The highest BCUT2D eigenvalue weighted by molar-refractivity contribution is 7.99. The Bertz CT molecular complexity index is 416. The fourth-order valence-corrected chi connectivity index (χ4v) is 3.58. The van der Waals surface area contributed by atoms with Crippen LogP contribution in [0.15, 0.2) is 18.2 Å². The summed E-state index contributed by atoms with van der Waals surface area (Å²) in [4.78, 5) is 2.21. The maximum absolute atomic E-state index is 10.5. The van der Waals surface area contributed by atoms with Gasteiger partial charge in [0.05, 0.1) is 18.2 Å². The number of thioether (sulfide) groups is 1. The van der Waals surface area contributed by atoms with Gasteiger partial charge in [0.25, 0.3) is 0 Å². The summed E-state index contributed by atoms with van der Waals surface area (Å²) in [6.45, 7) is 1.01. The highest BCUT2D eigenvalue weighted by Gasteiger charge is 2.28. The summed E-state index contributed by atoms with van der Waals surface area (Å²) < 4.78 is 5.19. The summed E-state index contributed by atoms with van der Waals surface area (Å²) in [6.07, 6.45) is -0.506. The second-order valence-electron chi connectivity index (χ2n) is 4.46. The number of ether oxygens (including phenoxy) is 1. The zero-order valence-corrected chi connectivity index (χ0v) is 12.2. The van der Waals surface area contributed by atoms with Crippen molar-refractivity contribution in [3.8, 4) is 5.75 Å². The maximum atomic E-state index is 10.5. The lowest BCUT2D eigenvalue weighted by molar-refractivity contribution is 0.0757. The van der Waals surface area contributed by atoms with E-state index < -0.39 is 6.10 Å². The smallest absolute Gasteiger partial charge is 0.137 e. The highest BCUT2D eigenvalue weighted by Crippen LogP contribution is 2.31. The second-order valence-corrected chi connectivity index (χ2v) is 6.02. The van der Waals surface area contributed by atoms with Crippen LogP contribution in [0.3, 0.4) is 0 Å². The molecule has 0 spiro atoms. The van der Waals surface area contributed by atoms with Crippen LogP contribution < -0.4 is 4.74 Å². The Balaban J connectivity index is 2.19. The summed E-state index contributed by atoms with van der Waals surface area (Å²) in [5.41, 5.74) is 0.857. The Labute approximate surface area is 117 Å². The molecule has 1 fully saturated rings. The van der Waals surface area contributed by atoms with Gasteiger partial charge in [-0.3, -0.25) is 4.90 Å². The molecule has 2 unspecified atom stereocenters. The number of halogens is 1. The van der Waals surface area contributed by atoms with Gasteiger partial charge in [0.2, 0.25) is 0 Å². The average Bonchev–Trinajstić information content (AvgIpc) is 2.39. The minimum absolute atomic E-state index is 0.148. The van der Waals surface area contributed by atoms with Gasteiger partial charge in [-0.25, -0.2) is 0 Å². The topological polar surface area (TPSA) is 32.7 Å². The van der Waals surface area contributed by atoms with Gasteiger partial charge < -0.3 is 9.84 Å². The summed E-state index contributed by atoms with van der Waals surface area (Å²) in [5, 5.41) is 11.0. The molecule has 1 N–H and O–H groups in total. The third-order valence-electron chi connectivity index (χ3n) is 3.32. The molecule has 2 atom stereocenters. The average molecular weight is 288 g/mol. The molecule has 5 heteroatoms. The third-order valence-corrected chi connectivity index (χ3v) is 4.68. The lowest BCUT2D eigenvalue weighted by Crippen LogP contribution is -2.43. The lowest BCUT2D eigenvalue weighted by atomic mass is 10.0. The van der Waals surface area contributed by atoms with Crippen LogP contribution in [0.5, 0.6) is 5.75 Å². The van der Waals surface area contributed by atoms with Gasteiger partial charge in [-0.15, -0.1) is 0 Å². The Morgan fingerprint density at radius 2 is 2.33 bits per heavy atom. The molecule has 0 aromatic heterocycles. The van der Waals surface area contributed by atoms with Crippen molar-refractivity contribution in [1.29, 1.82) is 0 Å². The molecule has 1 aliphatic heterocycles. The molecule has 3 nitrogen and oxygen atoms in total. The highest BCUT2D eigenvalue weighted by atomic mass is 35.5. The van der Waals surface area contributed by atoms with Gasteiger partial charge in [0.15, 0.2) is 0 Å². The van der Waals surface area contributed by atoms with Gasteiger partial charge in [0, 0.05) is 24.1 Å². The number of likely N-dealkylation sites (N-methyl/N-ethyl adjacent to an activating group) is 1. The van der Waals surface area contributed by atoms with Crippen LogP contribution in [0, 0.1) is 0 Å². The second kappa shape index (κ2) is 6.15. The summed E-state index contributed by atoms with van der Waals surface area (Å²) in [6, 6.07) is 5.60. The molecule has 100 valence electrons. The number of methoxy groups -OCH3 is 1. The number of nitrogens with zero attached hydrogens (tertiary/aromatic N) is 1. The van der Waals surface area contributed by atoms with Crippen molar-refractivity contribution in [2.24, 2.45) is 0 Å². The molecule has 1 aromatic carbocycles. The number of rotatable bonds is 3. The molecular formula is C13H18ClNO2S. The van der Waals surface area contributed by atoms with Crippen molar-refractivity contribution in [2.75, 3.05) is 32.2 Å². The van der Waals surface area contributed by atoms with E-state index in [2.05, 4.69) is 11.9 Å². The summed E-state index contributed by atoms with van der Waals surface area (Å²) >= 11 is 7.88. The number of aliphatic hydroxyl groups is 1. The fraction of sp³-hybridized carbons (Fsp3) is 0.538. The molecule has 0 amide bonds. The zero-order chi connectivity index (χ0) is 13.1. The van der Waals surface area contributed by atoms with Crippen LogP contribution in [0.25, 0.3) is 0 Å². The maximum Gasteiger partial charge on any atom is 0.137 e. The molecule has 0 radical (unpaired) electrons. The van der Waals surface area contributed by atoms with Gasteiger partial charge in [-0.1, -0.05) is 17.7 Å². The first-order chi connectivity index (χ1) is 8.63. The van der Waals surface area contributed by atoms with Crippen molar-refractivity contribution >= 4 is 23.4 Å². The fourth-order valence-electron chi connectivity index (χ4n) is 2.12. The quantitative estimate of drug-likeness (QED) is 0.926. The van der Waals surface area contributed by atoms with Crippen molar-refractivity contribution in [3.05, 3.63) is 28.8 Å². The molecular weight excluding hydrogens is 270 g/mol. The Morgan fingerprint density at radius 1 is 1.56 bits per heavy atom. The molecule has 1 saturated heterocycles. The standard InChI is InChI=1S/C13H18ClNO2S/c1-15-5-6-18-8-11(15)13(16)9-3-4-10(14)12(7-9)17-2/h3-4,7,11,13,16H,5-6,8H2,1-2H3. The predicted octanol–water partition coefficient (Wildman–Crippen LogP) is 2.43. The van der Waals surface area contributed by atoms with E-state index in [1.165, 1.54) is 0 Å². The van der Waals surface area contributed by atoms with Gasteiger partial charge in [-0.2, -0.15) is 11.8 Å². The normalized spacial score (nSPS) is 22.8. The van der Waals surface area contributed by atoms with Gasteiger partial charge in [-0.05, 0) is 24.7 Å². The van der Waals surface area contributed by atoms with E-state index in [0.717, 1.165) is 23.6 Å². The SMILES string of the molecule is COc1cc(C(O)C2CSCCN2C)ccc1Cl. The molecule has 18 heavy (non-hydrogen) atoms. The van der Waals surface area contributed by atoms with E-state index in [9.17, 15) is 5.11 Å². The first-order valence-corrected chi connectivity index (χ1v) is 7.46. The molecule has 1 heterocycles. The number of hydrogen-bond donors (Lipinski definition) is 1. The third kappa shape index (κ3) is 2.94. The van der Waals surface area contributed by atoms with Crippen LogP contribution in [-0.4, -0.2) is 48.3 Å². The molecule has 1 aliphatic rings. The molecule has 0 bridgehead atoms. The number of aliphatic hydroxyl groups excluding tert-OH is 1. The summed E-state index contributed by atoms with van der Waals surface area (Å²) in [5.74, 6) is 2.69. The molecule has 0 saturated carbocycles. The lowest BCUT2D eigenvalue weighted by Gasteiger charge is -2.35. The van der Waals surface area contributed by atoms with E-state index in [1.54, 1.807) is 13.2 Å². The van der Waals surface area contributed by atoms with E-state index in [4.69, 9.17) is 16.3 Å². The van der Waals surface area contributed by atoms with E-state index in [1.807, 2.05) is 23.9 Å². The molecule has 2 rings (SSSR count). The van der Waals surface area contributed by atoms with Crippen molar-refractivity contribution in [1.82, 2.24) is 4.90 Å². The molecule has 1 aromatic rings. The molecule has 0 aliphatic carbocycles. The van der Waals surface area contributed by atoms with E-state index in [-0.39, 0.29) is 6.04 Å². The Hall–Kier alpha value is -0.420. The van der Waals surface area contributed by atoms with Gasteiger partial charge >= 0.3 is 0 Å². The van der Waals surface area contributed by atoms with Crippen LogP contribution in [0.2, 0.25) is 5.02 Å². The zero-order valence-electron chi connectivity index (χ0n) is 10.6. The van der Waals surface area contributed by atoms with Crippen molar-refractivity contribution in [3.63, 3.8) is 0 Å². The largest absolute Gasteiger partial charge is 0.495 e.